The van der Waals surface area contributed by atoms with Crippen LogP contribution in [0.1, 0.15) is 44.2 Å². The van der Waals surface area contributed by atoms with Crippen molar-refractivity contribution in [1.82, 2.24) is 15.0 Å². The zero-order chi connectivity index (χ0) is 22.7. The molecule has 1 saturated carbocycles. The standard InChI is InChI=1S/C24H26FN3O3S/c1-16(21-7-3-4-8-22(21)25)27-24(29)17-10-12-19(13-11-17)28-32(30,31)20-14-18-6-2-5-9-23(18)26-15-20/h2-9,14-17,19,28H,10-13H2,1H3,(H,27,29)/t16-,17?,19?/m1/s1. The van der Waals surface area contributed by atoms with E-state index in [1.54, 1.807) is 31.2 Å². The Kier molecular flexibility index (Phi) is 6.53. The molecule has 2 N–H and O–H groups in total. The summed E-state index contributed by atoms with van der Waals surface area (Å²) in [5.74, 6) is -0.685. The zero-order valence-electron chi connectivity index (χ0n) is 17.8. The van der Waals surface area contributed by atoms with E-state index < -0.39 is 16.1 Å². The van der Waals surface area contributed by atoms with Crippen LogP contribution in [0, 0.1) is 11.7 Å². The molecule has 1 aliphatic carbocycles. The van der Waals surface area contributed by atoms with Gasteiger partial charge in [-0.1, -0.05) is 36.4 Å². The van der Waals surface area contributed by atoms with Crippen molar-refractivity contribution in [1.29, 1.82) is 0 Å². The summed E-state index contributed by atoms with van der Waals surface area (Å²) in [7, 11) is -3.70. The van der Waals surface area contributed by atoms with E-state index in [1.807, 2.05) is 24.3 Å². The highest BCUT2D eigenvalue weighted by molar-refractivity contribution is 7.89. The molecule has 0 aliphatic heterocycles. The molecular formula is C24H26FN3O3S. The van der Waals surface area contributed by atoms with Gasteiger partial charge in [0.25, 0.3) is 0 Å². The fraction of sp³-hybridized carbons (Fsp3) is 0.333. The van der Waals surface area contributed by atoms with E-state index in [2.05, 4.69) is 15.0 Å². The quantitative estimate of drug-likeness (QED) is 0.586. The first kappa shape index (κ1) is 22.4. The molecule has 1 aromatic heterocycles. The minimum atomic E-state index is -3.70. The lowest BCUT2D eigenvalue weighted by atomic mass is 9.85. The van der Waals surface area contributed by atoms with Gasteiger partial charge in [0.2, 0.25) is 15.9 Å². The molecule has 3 aromatic rings. The molecule has 8 heteroatoms. The Morgan fingerprint density at radius 1 is 1.06 bits per heavy atom. The highest BCUT2D eigenvalue weighted by Crippen LogP contribution is 2.27. The summed E-state index contributed by atoms with van der Waals surface area (Å²) >= 11 is 0. The Labute approximate surface area is 187 Å². The van der Waals surface area contributed by atoms with Gasteiger partial charge in [0.05, 0.1) is 11.6 Å². The molecule has 2 aromatic carbocycles. The van der Waals surface area contributed by atoms with Crippen molar-refractivity contribution in [2.45, 2.75) is 49.6 Å². The lowest BCUT2D eigenvalue weighted by Gasteiger charge is -2.29. The summed E-state index contributed by atoms with van der Waals surface area (Å²) < 4.78 is 42.4. The van der Waals surface area contributed by atoms with Crippen LogP contribution in [-0.2, 0) is 14.8 Å². The van der Waals surface area contributed by atoms with E-state index in [0.717, 1.165) is 10.9 Å². The Morgan fingerprint density at radius 2 is 1.75 bits per heavy atom. The van der Waals surface area contributed by atoms with E-state index in [4.69, 9.17) is 0 Å². The monoisotopic (exact) mass is 455 g/mol. The van der Waals surface area contributed by atoms with E-state index in [-0.39, 0.29) is 28.6 Å². The molecule has 32 heavy (non-hydrogen) atoms. The first-order valence-corrected chi connectivity index (χ1v) is 12.2. The Balaban J connectivity index is 1.34. The van der Waals surface area contributed by atoms with Crippen LogP contribution in [0.5, 0.6) is 0 Å². The number of benzene rings is 2. The largest absolute Gasteiger partial charge is 0.349 e. The maximum Gasteiger partial charge on any atom is 0.242 e. The Bertz CT molecular complexity index is 1220. The molecular weight excluding hydrogens is 429 g/mol. The Hall–Kier alpha value is -2.84. The van der Waals surface area contributed by atoms with Gasteiger partial charge < -0.3 is 5.32 Å². The van der Waals surface area contributed by atoms with Gasteiger partial charge in [0.1, 0.15) is 10.7 Å². The summed E-state index contributed by atoms with van der Waals surface area (Å²) in [4.78, 5) is 17.0. The topological polar surface area (TPSA) is 88.2 Å². The Morgan fingerprint density at radius 3 is 2.50 bits per heavy atom. The first-order valence-electron chi connectivity index (χ1n) is 10.8. The van der Waals surface area contributed by atoms with Crippen LogP contribution in [0.3, 0.4) is 0 Å². The van der Waals surface area contributed by atoms with Crippen molar-refractivity contribution in [3.63, 3.8) is 0 Å². The van der Waals surface area contributed by atoms with Gasteiger partial charge in [0, 0.05) is 29.1 Å². The predicted molar refractivity (Wildman–Crippen MR) is 121 cm³/mol. The van der Waals surface area contributed by atoms with Crippen LogP contribution in [0.2, 0.25) is 0 Å². The van der Waals surface area contributed by atoms with Gasteiger partial charge in [-0.05, 0) is 50.8 Å². The second-order valence-electron chi connectivity index (χ2n) is 8.29. The van der Waals surface area contributed by atoms with Crippen molar-refractivity contribution in [2.75, 3.05) is 0 Å². The number of nitrogens with one attached hydrogen (secondary N) is 2. The second-order valence-corrected chi connectivity index (χ2v) is 10.00. The van der Waals surface area contributed by atoms with E-state index >= 15 is 0 Å². The average Bonchev–Trinajstić information content (AvgIpc) is 2.79. The lowest BCUT2D eigenvalue weighted by molar-refractivity contribution is -0.126. The lowest BCUT2D eigenvalue weighted by Crippen LogP contribution is -2.41. The van der Waals surface area contributed by atoms with Gasteiger partial charge in [-0.2, -0.15) is 0 Å². The first-order chi connectivity index (χ1) is 15.3. The summed E-state index contributed by atoms with van der Waals surface area (Å²) in [6, 6.07) is 14.7. The molecule has 168 valence electrons. The molecule has 0 bridgehead atoms. The number of amides is 1. The molecule has 1 amide bonds. The van der Waals surface area contributed by atoms with Gasteiger partial charge in [-0.15, -0.1) is 0 Å². The van der Waals surface area contributed by atoms with Crippen molar-refractivity contribution in [3.05, 3.63) is 72.2 Å². The molecule has 0 spiro atoms. The van der Waals surface area contributed by atoms with Crippen LogP contribution >= 0.6 is 0 Å². The van der Waals surface area contributed by atoms with Crippen LogP contribution in [0.25, 0.3) is 10.9 Å². The molecule has 0 unspecified atom stereocenters. The van der Waals surface area contributed by atoms with Crippen LogP contribution in [0.15, 0.2) is 65.7 Å². The number of aromatic nitrogens is 1. The SMILES string of the molecule is C[C@@H](NC(=O)C1CCC(NS(=O)(=O)c2cnc3ccccc3c2)CC1)c1ccccc1F. The molecule has 4 rings (SSSR count). The molecule has 0 radical (unpaired) electrons. The second kappa shape index (κ2) is 9.34. The van der Waals surface area contributed by atoms with Gasteiger partial charge >= 0.3 is 0 Å². The molecule has 0 saturated heterocycles. The number of para-hydroxylation sites is 1. The molecule has 1 aliphatic rings. The maximum absolute atomic E-state index is 13.9. The summed E-state index contributed by atoms with van der Waals surface area (Å²) in [6.07, 6.45) is 3.63. The minimum absolute atomic E-state index is 0.124. The van der Waals surface area contributed by atoms with E-state index in [0.29, 0.717) is 31.2 Å². The van der Waals surface area contributed by atoms with Gasteiger partial charge in [0.15, 0.2) is 0 Å². The number of rotatable bonds is 6. The van der Waals surface area contributed by atoms with Crippen LogP contribution < -0.4 is 10.0 Å². The van der Waals surface area contributed by atoms with Crippen molar-refractivity contribution >= 4 is 26.8 Å². The number of carbonyl (C=O) groups excluding carboxylic acids is 1. The van der Waals surface area contributed by atoms with Crippen molar-refractivity contribution in [2.24, 2.45) is 5.92 Å². The number of fused-ring (bicyclic) bond motifs is 1. The molecule has 6 nitrogen and oxygen atoms in total. The minimum Gasteiger partial charge on any atom is -0.349 e. The predicted octanol–water partition coefficient (Wildman–Crippen LogP) is 4.09. The molecule has 1 fully saturated rings. The number of carbonyl (C=O) groups is 1. The number of hydrogen-bond donors (Lipinski definition) is 2. The fourth-order valence-corrected chi connectivity index (χ4v) is 5.48. The third-order valence-electron chi connectivity index (χ3n) is 6.03. The van der Waals surface area contributed by atoms with E-state index in [1.165, 1.54) is 12.3 Å². The van der Waals surface area contributed by atoms with Crippen LogP contribution in [0.4, 0.5) is 4.39 Å². The average molecular weight is 456 g/mol. The number of pyridine rings is 1. The number of nitrogens with zero attached hydrogens (tertiary/aromatic N) is 1. The third-order valence-corrected chi connectivity index (χ3v) is 7.51. The van der Waals surface area contributed by atoms with E-state index in [9.17, 15) is 17.6 Å². The maximum atomic E-state index is 13.9. The zero-order valence-corrected chi connectivity index (χ0v) is 18.6. The highest BCUT2D eigenvalue weighted by atomic mass is 32.2. The molecule has 1 heterocycles. The summed E-state index contributed by atoms with van der Waals surface area (Å²) in [6.45, 7) is 1.76. The van der Waals surface area contributed by atoms with Crippen molar-refractivity contribution in [3.8, 4) is 0 Å². The highest BCUT2D eigenvalue weighted by Gasteiger charge is 2.30. The van der Waals surface area contributed by atoms with Crippen LogP contribution in [-0.4, -0.2) is 25.4 Å². The number of halogens is 1. The normalized spacial score (nSPS) is 20.1. The van der Waals surface area contributed by atoms with Gasteiger partial charge in [-0.3, -0.25) is 9.78 Å². The van der Waals surface area contributed by atoms with Crippen molar-refractivity contribution < 1.29 is 17.6 Å². The summed E-state index contributed by atoms with van der Waals surface area (Å²) in [5, 5.41) is 3.65. The third kappa shape index (κ3) is 4.97. The van der Waals surface area contributed by atoms with Gasteiger partial charge in [-0.25, -0.2) is 17.5 Å². The summed E-state index contributed by atoms with van der Waals surface area (Å²) in [5.41, 5.74) is 1.19. The number of hydrogen-bond acceptors (Lipinski definition) is 4. The molecule has 1 atom stereocenters. The smallest absolute Gasteiger partial charge is 0.242 e. The fourth-order valence-electron chi connectivity index (χ4n) is 4.19. The number of sulfonamides is 1.